The fraction of sp³-hybridized carbons (Fsp3) is 0.776. The third kappa shape index (κ3) is 67.4. The van der Waals surface area contributed by atoms with E-state index in [0.717, 1.165) is 96.3 Å². The number of hydrogen-bond donors (Lipinski definition) is 0. The van der Waals surface area contributed by atoms with E-state index < -0.39 is 6.10 Å². The summed E-state index contributed by atoms with van der Waals surface area (Å²) in [5.74, 6) is -0.858. The summed E-state index contributed by atoms with van der Waals surface area (Å²) < 4.78 is 17.0. The summed E-state index contributed by atoms with van der Waals surface area (Å²) in [6.45, 7) is 6.56. The zero-order chi connectivity index (χ0) is 59.2. The maximum absolute atomic E-state index is 13.0. The van der Waals surface area contributed by atoms with Crippen LogP contribution in [0.15, 0.2) is 85.1 Å². The third-order valence-corrected chi connectivity index (χ3v) is 15.6. The average Bonchev–Trinajstić information content (AvgIpc) is 3.47. The van der Waals surface area contributed by atoms with E-state index in [9.17, 15) is 14.4 Å². The molecule has 0 aromatic heterocycles. The SMILES string of the molecule is CC/C=C\C/C=C\C/C=C\C/C=C\CCCCCCCCCCCCCCC(=O)OC(COC(=O)CCCCCCCCCCCCCC)COC(=O)CCCCCCCCCCCCCC/C=C\C/C=C\C/C=C\CCCCCCC. The molecule has 0 aromatic rings. The van der Waals surface area contributed by atoms with Crippen LogP contribution in [0.4, 0.5) is 0 Å². The van der Waals surface area contributed by atoms with Crippen molar-refractivity contribution >= 4 is 17.9 Å². The minimum absolute atomic E-state index is 0.0734. The van der Waals surface area contributed by atoms with Crippen LogP contribution in [-0.4, -0.2) is 37.2 Å². The number of unbranched alkanes of at least 4 members (excludes halogenated alkanes) is 40. The Balaban J connectivity index is 4.25. The molecule has 0 aliphatic heterocycles. The van der Waals surface area contributed by atoms with Crippen LogP contribution in [-0.2, 0) is 28.6 Å². The Morgan fingerprint density at radius 1 is 0.256 bits per heavy atom. The summed E-state index contributed by atoms with van der Waals surface area (Å²) in [6, 6.07) is 0. The smallest absolute Gasteiger partial charge is 0.306 e. The van der Waals surface area contributed by atoms with Gasteiger partial charge < -0.3 is 14.2 Å². The van der Waals surface area contributed by atoms with Crippen LogP contribution in [0.3, 0.4) is 0 Å². The number of rotatable bonds is 65. The third-order valence-electron chi connectivity index (χ3n) is 15.6. The monoisotopic (exact) mass is 1140 g/mol. The van der Waals surface area contributed by atoms with Crippen molar-refractivity contribution in [2.24, 2.45) is 0 Å². The van der Waals surface area contributed by atoms with Crippen molar-refractivity contribution in [2.75, 3.05) is 13.2 Å². The summed E-state index contributed by atoms with van der Waals surface area (Å²) in [7, 11) is 0. The molecule has 0 spiro atoms. The normalized spacial score (nSPS) is 12.6. The summed E-state index contributed by atoms with van der Waals surface area (Å²) in [5.41, 5.74) is 0. The molecule has 0 fully saturated rings. The van der Waals surface area contributed by atoms with Gasteiger partial charge in [-0.15, -0.1) is 0 Å². The second-order valence-electron chi connectivity index (χ2n) is 23.8. The predicted molar refractivity (Wildman–Crippen MR) is 358 cm³/mol. The summed E-state index contributed by atoms with van der Waals surface area (Å²) in [4.78, 5) is 38.4. The van der Waals surface area contributed by atoms with Crippen LogP contribution in [0.25, 0.3) is 0 Å². The van der Waals surface area contributed by atoms with Crippen molar-refractivity contribution in [1.82, 2.24) is 0 Å². The number of esters is 3. The van der Waals surface area contributed by atoms with Gasteiger partial charge in [-0.25, -0.2) is 0 Å². The molecule has 0 amide bonds. The molecule has 474 valence electrons. The van der Waals surface area contributed by atoms with Crippen molar-refractivity contribution in [3.05, 3.63) is 85.1 Å². The molecule has 1 atom stereocenters. The Hall–Kier alpha value is -3.41. The quantitative estimate of drug-likeness (QED) is 0.0261. The molecule has 0 N–H and O–H groups in total. The molecule has 6 heteroatoms. The van der Waals surface area contributed by atoms with E-state index in [1.54, 1.807) is 0 Å². The molecular formula is C76H134O6. The summed E-state index contributed by atoms with van der Waals surface area (Å²) in [6.07, 6.45) is 93.2. The van der Waals surface area contributed by atoms with Gasteiger partial charge in [0.05, 0.1) is 0 Å². The van der Waals surface area contributed by atoms with E-state index in [-0.39, 0.29) is 31.1 Å². The highest BCUT2D eigenvalue weighted by Crippen LogP contribution is 2.18. The van der Waals surface area contributed by atoms with E-state index in [2.05, 4.69) is 106 Å². The molecule has 0 rings (SSSR count). The minimum Gasteiger partial charge on any atom is -0.462 e. The minimum atomic E-state index is -0.778. The molecule has 0 aliphatic carbocycles. The molecular weight excluding hydrogens is 1010 g/mol. The zero-order valence-corrected chi connectivity index (χ0v) is 54.5. The van der Waals surface area contributed by atoms with Gasteiger partial charge in [0.2, 0.25) is 0 Å². The maximum atomic E-state index is 13.0. The first-order chi connectivity index (χ1) is 40.5. The Morgan fingerprint density at radius 3 is 0.744 bits per heavy atom. The standard InChI is InChI=1S/C76H134O6/c1-4-7-10-13-16-19-22-25-27-29-31-33-35-37-38-40-41-43-45-47-49-51-54-57-60-63-66-69-75(78)81-72-73(71-80-74(77)68-65-62-59-56-53-24-21-18-15-12-9-6-3)82-76(79)70-67-64-61-58-55-52-50-48-46-44-42-39-36-34-32-30-28-26-23-20-17-14-11-8-5-2/h8,11,17,20,22,25-26,28-29,31-32,34-35,37,73H,4-7,9-10,12-16,18-19,21,23-24,27,30,33,36,38-72H2,1-3H3/b11-8-,20-17-,25-22-,28-26-,31-29-,34-32-,37-35-. The summed E-state index contributed by atoms with van der Waals surface area (Å²) in [5, 5.41) is 0. The number of carbonyl (C=O) groups is 3. The van der Waals surface area contributed by atoms with E-state index in [1.807, 2.05) is 0 Å². The van der Waals surface area contributed by atoms with Gasteiger partial charge in [-0.05, 0) is 96.3 Å². The number of hydrogen-bond acceptors (Lipinski definition) is 6. The lowest BCUT2D eigenvalue weighted by Gasteiger charge is -2.18. The first-order valence-corrected chi connectivity index (χ1v) is 35.6. The zero-order valence-electron chi connectivity index (χ0n) is 54.5. The second kappa shape index (κ2) is 70.1. The number of ether oxygens (including phenoxy) is 3. The predicted octanol–water partition coefficient (Wildman–Crippen LogP) is 24.6. The maximum Gasteiger partial charge on any atom is 0.306 e. The fourth-order valence-corrected chi connectivity index (χ4v) is 10.3. The van der Waals surface area contributed by atoms with Crippen LogP contribution in [0, 0.1) is 0 Å². The van der Waals surface area contributed by atoms with Crippen LogP contribution in [0.5, 0.6) is 0 Å². The van der Waals surface area contributed by atoms with Gasteiger partial charge in [0, 0.05) is 19.3 Å². The Labute approximate surface area is 509 Å². The number of allylic oxidation sites excluding steroid dienone is 14. The lowest BCUT2D eigenvalue weighted by Crippen LogP contribution is -2.30. The van der Waals surface area contributed by atoms with Crippen molar-refractivity contribution < 1.29 is 28.6 Å². The molecule has 0 bridgehead atoms. The van der Waals surface area contributed by atoms with Crippen molar-refractivity contribution in [3.8, 4) is 0 Å². The highest BCUT2D eigenvalue weighted by atomic mass is 16.6. The van der Waals surface area contributed by atoms with Gasteiger partial charge in [0.15, 0.2) is 6.10 Å². The molecule has 0 heterocycles. The Bertz CT molecular complexity index is 1550. The first-order valence-electron chi connectivity index (χ1n) is 35.6. The largest absolute Gasteiger partial charge is 0.462 e. The lowest BCUT2D eigenvalue weighted by molar-refractivity contribution is -0.167. The average molecular weight is 1140 g/mol. The first kappa shape index (κ1) is 78.6. The lowest BCUT2D eigenvalue weighted by atomic mass is 10.0. The molecule has 82 heavy (non-hydrogen) atoms. The highest BCUT2D eigenvalue weighted by Gasteiger charge is 2.19. The van der Waals surface area contributed by atoms with Gasteiger partial charge in [-0.2, -0.15) is 0 Å². The van der Waals surface area contributed by atoms with Gasteiger partial charge >= 0.3 is 17.9 Å². The molecule has 0 saturated heterocycles. The molecule has 0 radical (unpaired) electrons. The van der Waals surface area contributed by atoms with Crippen LogP contribution in [0.1, 0.15) is 361 Å². The topological polar surface area (TPSA) is 78.9 Å². The molecule has 1 unspecified atom stereocenters. The second-order valence-corrected chi connectivity index (χ2v) is 23.8. The van der Waals surface area contributed by atoms with Gasteiger partial charge in [-0.1, -0.05) is 331 Å². The van der Waals surface area contributed by atoms with E-state index in [4.69, 9.17) is 14.2 Å². The molecule has 0 aliphatic rings. The Kier molecular flexibility index (Phi) is 67.2. The summed E-state index contributed by atoms with van der Waals surface area (Å²) >= 11 is 0. The van der Waals surface area contributed by atoms with E-state index >= 15 is 0 Å². The molecule has 0 saturated carbocycles. The van der Waals surface area contributed by atoms with Crippen LogP contribution >= 0.6 is 0 Å². The van der Waals surface area contributed by atoms with Crippen molar-refractivity contribution in [1.29, 1.82) is 0 Å². The van der Waals surface area contributed by atoms with E-state index in [1.165, 1.54) is 225 Å². The van der Waals surface area contributed by atoms with Gasteiger partial charge in [0.25, 0.3) is 0 Å². The van der Waals surface area contributed by atoms with Crippen molar-refractivity contribution in [3.63, 3.8) is 0 Å². The highest BCUT2D eigenvalue weighted by molar-refractivity contribution is 5.71. The number of carbonyl (C=O) groups excluding carboxylic acids is 3. The van der Waals surface area contributed by atoms with Crippen LogP contribution < -0.4 is 0 Å². The molecule has 6 nitrogen and oxygen atoms in total. The van der Waals surface area contributed by atoms with E-state index in [0.29, 0.717) is 19.3 Å². The fourth-order valence-electron chi connectivity index (χ4n) is 10.3. The van der Waals surface area contributed by atoms with Crippen molar-refractivity contribution in [2.45, 2.75) is 367 Å². The van der Waals surface area contributed by atoms with Gasteiger partial charge in [-0.3, -0.25) is 14.4 Å². The van der Waals surface area contributed by atoms with Gasteiger partial charge in [0.1, 0.15) is 13.2 Å². The van der Waals surface area contributed by atoms with Crippen LogP contribution in [0.2, 0.25) is 0 Å². The Morgan fingerprint density at radius 2 is 0.476 bits per heavy atom. The molecule has 0 aromatic carbocycles.